The molecule has 140 valence electrons. The van der Waals surface area contributed by atoms with Crippen LogP contribution in [0.2, 0.25) is 0 Å². The van der Waals surface area contributed by atoms with Gasteiger partial charge in [0.05, 0.1) is 18.4 Å². The first-order valence-corrected chi connectivity index (χ1v) is 10.1. The minimum absolute atomic E-state index is 0.0932. The fourth-order valence-corrected chi connectivity index (χ4v) is 7.56. The maximum Gasteiger partial charge on any atom is 0.178 e. The second-order valence-electron chi connectivity index (χ2n) is 9.63. The number of Topliss-reactive ketones (excluding diaryl/α,β-unsaturated/α-hetero) is 1. The van der Waals surface area contributed by atoms with Crippen LogP contribution >= 0.6 is 0 Å². The highest BCUT2D eigenvalue weighted by Crippen LogP contribution is 2.67. The number of hydrogen-bond donors (Lipinski definition) is 3. The van der Waals surface area contributed by atoms with Gasteiger partial charge in [0.1, 0.15) is 0 Å². The number of rotatable bonds is 2. The normalized spacial score (nSPS) is 47.9. The summed E-state index contributed by atoms with van der Waals surface area (Å²) in [5.74, 6) is 2.30. The first-order chi connectivity index (χ1) is 11.8. The van der Waals surface area contributed by atoms with Crippen LogP contribution in [0.3, 0.4) is 0 Å². The summed E-state index contributed by atoms with van der Waals surface area (Å²) >= 11 is 0. The van der Waals surface area contributed by atoms with Crippen molar-refractivity contribution in [2.24, 2.45) is 40.2 Å². The predicted octanol–water partition coefficient (Wildman–Crippen LogP) is 2.77. The van der Waals surface area contributed by atoms with Gasteiger partial charge in [0.25, 0.3) is 0 Å². The van der Waals surface area contributed by atoms with Gasteiger partial charge in [0, 0.05) is 6.42 Å². The number of nitrogens with two attached hydrogens (primary N) is 1. The maximum atomic E-state index is 12.1. The molecule has 4 rings (SSSR count). The first kappa shape index (κ1) is 17.5. The van der Waals surface area contributed by atoms with E-state index in [9.17, 15) is 15.0 Å². The molecule has 0 aromatic rings. The average molecular weight is 347 g/mol. The van der Waals surface area contributed by atoms with Crippen molar-refractivity contribution in [1.29, 1.82) is 0 Å². The smallest absolute Gasteiger partial charge is 0.178 e. The van der Waals surface area contributed by atoms with Crippen LogP contribution in [0.5, 0.6) is 0 Å². The Balaban J connectivity index is 1.66. The van der Waals surface area contributed by atoms with E-state index in [0.29, 0.717) is 29.9 Å². The molecule has 4 aliphatic carbocycles. The molecule has 0 heterocycles. The maximum absolute atomic E-state index is 12.1. The van der Waals surface area contributed by atoms with Crippen molar-refractivity contribution in [3.05, 3.63) is 11.3 Å². The second kappa shape index (κ2) is 5.82. The number of ketones is 1. The average Bonchev–Trinajstić information content (AvgIpc) is 2.95. The summed E-state index contributed by atoms with van der Waals surface area (Å²) in [4.78, 5) is 12.1. The molecule has 0 aromatic carbocycles. The van der Waals surface area contributed by atoms with Gasteiger partial charge in [-0.15, -0.1) is 0 Å². The molecule has 0 radical (unpaired) electrons. The van der Waals surface area contributed by atoms with Crippen LogP contribution in [0.15, 0.2) is 11.3 Å². The van der Waals surface area contributed by atoms with Crippen molar-refractivity contribution >= 4 is 5.78 Å². The van der Waals surface area contributed by atoms with Crippen molar-refractivity contribution in [3.63, 3.8) is 0 Å². The molecule has 4 N–H and O–H groups in total. The standard InChI is InChI=1S/C21H33NO3/c1-20-9-7-14-12(13(20)5-6-15(20)18(25)11-23)3-4-16-19(22)17(24)8-10-21(14,16)2/h12-15,18,23,25H,3-11,22H2,1-2H3/t12-,13-,14-,15+,18+,20-,21+/m0/s1. The molecule has 3 fully saturated rings. The van der Waals surface area contributed by atoms with E-state index < -0.39 is 6.10 Å². The summed E-state index contributed by atoms with van der Waals surface area (Å²) in [6.45, 7) is 4.59. The van der Waals surface area contributed by atoms with Gasteiger partial charge in [-0.05, 0) is 85.0 Å². The lowest BCUT2D eigenvalue weighted by Gasteiger charge is -2.58. The second-order valence-corrected chi connectivity index (χ2v) is 9.63. The van der Waals surface area contributed by atoms with E-state index in [1.165, 1.54) is 12.0 Å². The Bertz CT molecular complexity index is 614. The third-order valence-corrected chi connectivity index (χ3v) is 8.89. The van der Waals surface area contributed by atoms with Gasteiger partial charge in [-0.25, -0.2) is 0 Å². The highest BCUT2D eigenvalue weighted by atomic mass is 16.3. The molecule has 4 aliphatic rings. The lowest BCUT2D eigenvalue weighted by atomic mass is 9.46. The molecule has 0 bridgehead atoms. The molecule has 4 heteroatoms. The summed E-state index contributed by atoms with van der Waals surface area (Å²) in [7, 11) is 0. The van der Waals surface area contributed by atoms with Gasteiger partial charge in [-0.2, -0.15) is 0 Å². The van der Waals surface area contributed by atoms with E-state index in [0.717, 1.165) is 38.5 Å². The van der Waals surface area contributed by atoms with E-state index in [-0.39, 0.29) is 29.1 Å². The topological polar surface area (TPSA) is 83.6 Å². The summed E-state index contributed by atoms with van der Waals surface area (Å²) in [5, 5.41) is 19.8. The summed E-state index contributed by atoms with van der Waals surface area (Å²) < 4.78 is 0. The zero-order chi connectivity index (χ0) is 18.0. The van der Waals surface area contributed by atoms with Crippen molar-refractivity contribution < 1.29 is 15.0 Å². The third kappa shape index (κ3) is 2.29. The molecule has 0 aliphatic heterocycles. The molecular weight excluding hydrogens is 314 g/mol. The Morgan fingerprint density at radius 1 is 1.12 bits per heavy atom. The number of carbonyl (C=O) groups excluding carboxylic acids is 1. The predicted molar refractivity (Wildman–Crippen MR) is 96.4 cm³/mol. The molecule has 25 heavy (non-hydrogen) atoms. The molecule has 3 saturated carbocycles. The Labute approximate surface area is 150 Å². The lowest BCUT2D eigenvalue weighted by Crippen LogP contribution is -2.52. The van der Waals surface area contributed by atoms with E-state index >= 15 is 0 Å². The largest absolute Gasteiger partial charge is 0.396 e. The number of fused-ring (bicyclic) bond motifs is 5. The summed E-state index contributed by atoms with van der Waals surface area (Å²) in [6, 6.07) is 0. The minimum atomic E-state index is -0.580. The van der Waals surface area contributed by atoms with E-state index in [1.807, 2.05) is 0 Å². The van der Waals surface area contributed by atoms with Crippen molar-refractivity contribution in [1.82, 2.24) is 0 Å². The van der Waals surface area contributed by atoms with Gasteiger partial charge in [-0.3, -0.25) is 4.79 Å². The SMILES string of the molecule is C[C@]12CC[C@H]3[C@@H](CCC4=C(N)C(=O)CC[C@@]43C)[C@@H]1CC[C@@H]2[C@H](O)CO. The highest BCUT2D eigenvalue weighted by Gasteiger charge is 2.60. The highest BCUT2D eigenvalue weighted by molar-refractivity contribution is 5.96. The molecule has 0 amide bonds. The van der Waals surface area contributed by atoms with Gasteiger partial charge in [-0.1, -0.05) is 13.8 Å². The Hall–Kier alpha value is -0.870. The van der Waals surface area contributed by atoms with E-state index in [4.69, 9.17) is 5.73 Å². The van der Waals surface area contributed by atoms with Crippen LogP contribution < -0.4 is 5.73 Å². The summed E-state index contributed by atoms with van der Waals surface area (Å²) in [5.41, 5.74) is 8.28. The Morgan fingerprint density at radius 2 is 1.88 bits per heavy atom. The fourth-order valence-electron chi connectivity index (χ4n) is 7.56. The molecule has 4 nitrogen and oxygen atoms in total. The third-order valence-electron chi connectivity index (χ3n) is 8.89. The molecule has 0 aromatic heterocycles. The fraction of sp³-hybridized carbons (Fsp3) is 0.857. The zero-order valence-electron chi connectivity index (χ0n) is 15.6. The quantitative estimate of drug-likeness (QED) is 0.717. The lowest BCUT2D eigenvalue weighted by molar-refractivity contribution is -0.119. The number of carbonyl (C=O) groups is 1. The van der Waals surface area contributed by atoms with Gasteiger partial charge >= 0.3 is 0 Å². The number of aliphatic hydroxyl groups excluding tert-OH is 2. The van der Waals surface area contributed by atoms with Crippen molar-refractivity contribution in [2.45, 2.75) is 71.3 Å². The monoisotopic (exact) mass is 347 g/mol. The Kier molecular flexibility index (Phi) is 4.08. The van der Waals surface area contributed by atoms with Crippen LogP contribution in [0.4, 0.5) is 0 Å². The molecule has 0 unspecified atom stereocenters. The first-order valence-electron chi connectivity index (χ1n) is 10.1. The zero-order valence-corrected chi connectivity index (χ0v) is 15.6. The van der Waals surface area contributed by atoms with Crippen molar-refractivity contribution in [3.8, 4) is 0 Å². The molecule has 0 saturated heterocycles. The van der Waals surface area contributed by atoms with Crippen LogP contribution in [0, 0.1) is 34.5 Å². The van der Waals surface area contributed by atoms with Crippen molar-refractivity contribution in [2.75, 3.05) is 6.61 Å². The molecule has 0 spiro atoms. The van der Waals surface area contributed by atoms with Gasteiger partial charge in [0.2, 0.25) is 0 Å². The van der Waals surface area contributed by atoms with Crippen LogP contribution in [-0.4, -0.2) is 28.7 Å². The number of allylic oxidation sites excluding steroid dienone is 1. The number of aliphatic hydroxyl groups is 2. The van der Waals surface area contributed by atoms with Crippen LogP contribution in [-0.2, 0) is 4.79 Å². The van der Waals surface area contributed by atoms with Crippen LogP contribution in [0.1, 0.15) is 65.2 Å². The Morgan fingerprint density at radius 3 is 2.60 bits per heavy atom. The summed E-state index contributed by atoms with van der Waals surface area (Å²) in [6.07, 6.45) is 7.56. The van der Waals surface area contributed by atoms with E-state index in [2.05, 4.69) is 13.8 Å². The molecule has 7 atom stereocenters. The minimum Gasteiger partial charge on any atom is -0.396 e. The molecular formula is C21H33NO3. The van der Waals surface area contributed by atoms with Crippen LogP contribution in [0.25, 0.3) is 0 Å². The number of hydrogen-bond acceptors (Lipinski definition) is 4. The van der Waals surface area contributed by atoms with E-state index in [1.54, 1.807) is 0 Å². The van der Waals surface area contributed by atoms with Gasteiger partial charge < -0.3 is 15.9 Å². The van der Waals surface area contributed by atoms with Gasteiger partial charge in [0.15, 0.2) is 5.78 Å².